The highest BCUT2D eigenvalue weighted by Gasteiger charge is 2.24. The number of anilines is 1. The lowest BCUT2D eigenvalue weighted by molar-refractivity contribution is 0.0340. The summed E-state index contributed by atoms with van der Waals surface area (Å²) in [5.41, 5.74) is 6.99. The molecular weight excluding hydrogens is 226 g/mol. The summed E-state index contributed by atoms with van der Waals surface area (Å²) < 4.78 is 5.63. The van der Waals surface area contributed by atoms with Gasteiger partial charge in [-0.2, -0.15) is 0 Å². The molecule has 0 radical (unpaired) electrons. The van der Waals surface area contributed by atoms with Crippen molar-refractivity contribution in [2.24, 2.45) is 5.73 Å². The zero-order valence-corrected chi connectivity index (χ0v) is 11.5. The van der Waals surface area contributed by atoms with Gasteiger partial charge in [0.05, 0.1) is 18.8 Å². The summed E-state index contributed by atoms with van der Waals surface area (Å²) in [6.07, 6.45) is 3.08. The van der Waals surface area contributed by atoms with Gasteiger partial charge in [-0.25, -0.2) is 4.98 Å². The van der Waals surface area contributed by atoms with E-state index in [-0.39, 0.29) is 12.1 Å². The van der Waals surface area contributed by atoms with Crippen LogP contribution < -0.4 is 10.6 Å². The van der Waals surface area contributed by atoms with E-state index in [2.05, 4.69) is 35.9 Å². The predicted molar refractivity (Wildman–Crippen MR) is 73.8 cm³/mol. The van der Waals surface area contributed by atoms with Gasteiger partial charge in [0.2, 0.25) is 0 Å². The number of nitrogens with zero attached hydrogens (tertiary/aromatic N) is 2. The maximum atomic E-state index is 5.79. The van der Waals surface area contributed by atoms with Crippen LogP contribution in [-0.4, -0.2) is 36.3 Å². The van der Waals surface area contributed by atoms with Crippen molar-refractivity contribution in [3.8, 4) is 0 Å². The lowest BCUT2D eigenvalue weighted by atomic mass is 10.1. The largest absolute Gasteiger partial charge is 0.375 e. The van der Waals surface area contributed by atoms with Crippen molar-refractivity contribution in [1.82, 2.24) is 4.98 Å². The molecular formula is C14H23N3O. The minimum Gasteiger partial charge on any atom is -0.375 e. The molecule has 100 valence electrons. The van der Waals surface area contributed by atoms with E-state index in [0.717, 1.165) is 25.4 Å². The highest BCUT2D eigenvalue weighted by atomic mass is 16.5. The van der Waals surface area contributed by atoms with Gasteiger partial charge in [-0.15, -0.1) is 0 Å². The van der Waals surface area contributed by atoms with Crippen molar-refractivity contribution in [1.29, 1.82) is 0 Å². The summed E-state index contributed by atoms with van der Waals surface area (Å²) in [6, 6.07) is 4.78. The van der Waals surface area contributed by atoms with Crippen LogP contribution in [-0.2, 0) is 11.2 Å². The molecule has 1 fully saturated rings. The van der Waals surface area contributed by atoms with Gasteiger partial charge < -0.3 is 15.4 Å². The summed E-state index contributed by atoms with van der Waals surface area (Å²) in [6.45, 7) is 7.96. The number of nitrogens with two attached hydrogens (primary N) is 1. The van der Waals surface area contributed by atoms with Crippen LogP contribution in [0.2, 0.25) is 0 Å². The first-order chi connectivity index (χ1) is 8.56. The predicted octanol–water partition coefficient (Wildman–Crippen LogP) is 1.58. The minimum atomic E-state index is 0.181. The van der Waals surface area contributed by atoms with E-state index in [1.165, 1.54) is 5.56 Å². The zero-order chi connectivity index (χ0) is 13.1. The van der Waals surface area contributed by atoms with E-state index >= 15 is 0 Å². The lowest BCUT2D eigenvalue weighted by Gasteiger charge is -2.37. The Kier molecular flexibility index (Phi) is 4.19. The van der Waals surface area contributed by atoms with E-state index in [0.29, 0.717) is 6.04 Å². The third kappa shape index (κ3) is 3.21. The van der Waals surface area contributed by atoms with Gasteiger partial charge in [-0.3, -0.25) is 0 Å². The first kappa shape index (κ1) is 13.3. The Morgan fingerprint density at radius 3 is 2.89 bits per heavy atom. The number of pyridine rings is 1. The average molecular weight is 249 g/mol. The second kappa shape index (κ2) is 5.67. The Bertz CT molecular complexity index is 377. The number of rotatable bonds is 3. The number of hydrogen-bond acceptors (Lipinski definition) is 4. The van der Waals surface area contributed by atoms with Gasteiger partial charge in [0, 0.05) is 18.8 Å². The summed E-state index contributed by atoms with van der Waals surface area (Å²) in [4.78, 5) is 6.86. The van der Waals surface area contributed by atoms with Crippen LogP contribution in [0.25, 0.3) is 0 Å². The lowest BCUT2D eigenvalue weighted by Crippen LogP contribution is -2.47. The molecule has 1 aromatic heterocycles. The molecule has 1 aromatic rings. The molecule has 1 aliphatic rings. The fourth-order valence-corrected chi connectivity index (χ4v) is 2.30. The number of morpholine rings is 1. The number of hydrogen-bond donors (Lipinski definition) is 1. The summed E-state index contributed by atoms with van der Waals surface area (Å²) >= 11 is 0. The van der Waals surface area contributed by atoms with Crippen molar-refractivity contribution in [2.75, 3.05) is 18.1 Å². The van der Waals surface area contributed by atoms with Gasteiger partial charge in [0.1, 0.15) is 5.82 Å². The first-order valence-electron chi connectivity index (χ1n) is 6.65. The van der Waals surface area contributed by atoms with E-state index < -0.39 is 0 Å². The SMILES string of the molecule is CC(N)Cc1ccc(N2CC(C)OCC2C)nc1. The zero-order valence-electron chi connectivity index (χ0n) is 11.5. The summed E-state index contributed by atoms with van der Waals surface area (Å²) in [5.74, 6) is 1.03. The van der Waals surface area contributed by atoms with E-state index in [9.17, 15) is 0 Å². The Labute approximate surface area is 109 Å². The first-order valence-corrected chi connectivity index (χ1v) is 6.65. The Morgan fingerprint density at radius 2 is 2.28 bits per heavy atom. The Hall–Kier alpha value is -1.13. The van der Waals surface area contributed by atoms with Gasteiger partial charge in [-0.1, -0.05) is 6.07 Å². The maximum Gasteiger partial charge on any atom is 0.128 e. The molecule has 1 aliphatic heterocycles. The summed E-state index contributed by atoms with van der Waals surface area (Å²) in [7, 11) is 0. The fourth-order valence-electron chi connectivity index (χ4n) is 2.30. The molecule has 3 unspecified atom stereocenters. The highest BCUT2D eigenvalue weighted by Crippen LogP contribution is 2.19. The second-order valence-electron chi connectivity index (χ2n) is 5.35. The van der Waals surface area contributed by atoms with Crippen LogP contribution in [0, 0.1) is 0 Å². The van der Waals surface area contributed by atoms with E-state index in [1.807, 2.05) is 13.1 Å². The number of aromatic nitrogens is 1. The van der Waals surface area contributed by atoms with Gasteiger partial charge in [0.25, 0.3) is 0 Å². The van der Waals surface area contributed by atoms with Crippen molar-refractivity contribution in [3.63, 3.8) is 0 Å². The standard InChI is InChI=1S/C14H23N3O/c1-10(15)6-13-4-5-14(16-7-13)17-8-12(3)18-9-11(17)2/h4-5,7,10-12H,6,8-9,15H2,1-3H3. The third-order valence-electron chi connectivity index (χ3n) is 3.27. The van der Waals surface area contributed by atoms with Crippen LogP contribution in [0.3, 0.4) is 0 Å². The monoisotopic (exact) mass is 249 g/mol. The normalized spacial score (nSPS) is 26.1. The van der Waals surface area contributed by atoms with Gasteiger partial charge in [-0.05, 0) is 38.8 Å². The molecule has 0 aliphatic carbocycles. The average Bonchev–Trinajstić information content (AvgIpc) is 2.33. The molecule has 2 rings (SSSR count). The quantitative estimate of drug-likeness (QED) is 0.883. The molecule has 0 spiro atoms. The third-order valence-corrected chi connectivity index (χ3v) is 3.27. The molecule has 0 bridgehead atoms. The Morgan fingerprint density at radius 1 is 1.50 bits per heavy atom. The van der Waals surface area contributed by atoms with E-state index in [4.69, 9.17) is 10.5 Å². The van der Waals surface area contributed by atoms with Crippen LogP contribution in [0.5, 0.6) is 0 Å². The molecule has 2 N–H and O–H groups in total. The summed E-state index contributed by atoms with van der Waals surface area (Å²) in [5, 5.41) is 0. The molecule has 0 amide bonds. The van der Waals surface area contributed by atoms with Crippen LogP contribution in [0.1, 0.15) is 26.3 Å². The topological polar surface area (TPSA) is 51.4 Å². The van der Waals surface area contributed by atoms with Crippen molar-refractivity contribution in [2.45, 2.75) is 45.4 Å². The van der Waals surface area contributed by atoms with Crippen LogP contribution >= 0.6 is 0 Å². The Balaban J connectivity index is 2.08. The maximum absolute atomic E-state index is 5.79. The van der Waals surface area contributed by atoms with E-state index in [1.54, 1.807) is 0 Å². The van der Waals surface area contributed by atoms with Crippen LogP contribution in [0.4, 0.5) is 5.82 Å². The van der Waals surface area contributed by atoms with Crippen molar-refractivity contribution in [3.05, 3.63) is 23.9 Å². The molecule has 2 heterocycles. The van der Waals surface area contributed by atoms with Gasteiger partial charge in [0.15, 0.2) is 0 Å². The van der Waals surface area contributed by atoms with Crippen molar-refractivity contribution >= 4 is 5.82 Å². The molecule has 4 nitrogen and oxygen atoms in total. The molecule has 18 heavy (non-hydrogen) atoms. The van der Waals surface area contributed by atoms with Crippen LogP contribution in [0.15, 0.2) is 18.3 Å². The second-order valence-corrected chi connectivity index (χ2v) is 5.35. The molecule has 0 saturated carbocycles. The highest BCUT2D eigenvalue weighted by molar-refractivity contribution is 5.41. The van der Waals surface area contributed by atoms with Crippen molar-refractivity contribution < 1.29 is 4.74 Å². The fraction of sp³-hybridized carbons (Fsp3) is 0.643. The molecule has 3 atom stereocenters. The smallest absolute Gasteiger partial charge is 0.128 e. The molecule has 1 saturated heterocycles. The minimum absolute atomic E-state index is 0.181. The number of ether oxygens (including phenoxy) is 1. The van der Waals surface area contributed by atoms with Gasteiger partial charge >= 0.3 is 0 Å². The molecule has 0 aromatic carbocycles. The molecule has 4 heteroatoms.